The molecule has 0 unspecified atom stereocenters. The zero-order valence-electron chi connectivity index (χ0n) is 14.3. The number of amides is 1. The van der Waals surface area contributed by atoms with Gasteiger partial charge in [-0.25, -0.2) is 4.39 Å². The standard InChI is InChI=1S/C18H11F4N3O4/c19-12-4-2-1-3-11(12)15-7-8-16(29-15)17(26)24-23-13-6-5-10(18(20,21)22)9-14(13)25(27)28/h1-9,23H,(H,24,26). The Kier molecular flexibility index (Phi) is 5.22. The summed E-state index contributed by atoms with van der Waals surface area (Å²) in [6.45, 7) is 0. The summed E-state index contributed by atoms with van der Waals surface area (Å²) in [5, 5.41) is 11.0. The molecule has 150 valence electrons. The quantitative estimate of drug-likeness (QED) is 0.359. The highest BCUT2D eigenvalue weighted by atomic mass is 19.4. The zero-order valence-corrected chi connectivity index (χ0v) is 14.3. The van der Waals surface area contributed by atoms with Gasteiger partial charge in [-0.15, -0.1) is 0 Å². The summed E-state index contributed by atoms with van der Waals surface area (Å²) >= 11 is 0. The van der Waals surface area contributed by atoms with E-state index >= 15 is 0 Å². The smallest absolute Gasteiger partial charge is 0.416 e. The highest BCUT2D eigenvalue weighted by molar-refractivity contribution is 5.93. The molecule has 0 aliphatic rings. The van der Waals surface area contributed by atoms with E-state index in [1.165, 1.54) is 30.3 Å². The van der Waals surface area contributed by atoms with E-state index < -0.39 is 34.1 Å². The number of nitrogens with zero attached hydrogens (tertiary/aromatic N) is 1. The van der Waals surface area contributed by atoms with Crippen molar-refractivity contribution in [1.29, 1.82) is 0 Å². The van der Waals surface area contributed by atoms with Crippen molar-refractivity contribution in [3.63, 3.8) is 0 Å². The van der Waals surface area contributed by atoms with Gasteiger partial charge < -0.3 is 4.42 Å². The maximum absolute atomic E-state index is 13.8. The van der Waals surface area contributed by atoms with Crippen LogP contribution in [0.4, 0.5) is 28.9 Å². The average Bonchev–Trinajstić information content (AvgIpc) is 3.15. The number of furan rings is 1. The van der Waals surface area contributed by atoms with Crippen molar-refractivity contribution in [2.45, 2.75) is 6.18 Å². The van der Waals surface area contributed by atoms with Crippen molar-refractivity contribution in [2.75, 3.05) is 5.43 Å². The maximum Gasteiger partial charge on any atom is 0.416 e. The molecule has 0 radical (unpaired) electrons. The molecule has 0 saturated heterocycles. The van der Waals surface area contributed by atoms with Crippen LogP contribution in [0.25, 0.3) is 11.3 Å². The molecule has 0 aliphatic carbocycles. The molecule has 1 aromatic heterocycles. The number of rotatable bonds is 5. The molecule has 0 saturated carbocycles. The molecular weight excluding hydrogens is 398 g/mol. The Labute approximate surface area is 160 Å². The second-order valence-corrected chi connectivity index (χ2v) is 5.71. The van der Waals surface area contributed by atoms with Gasteiger partial charge in [0.25, 0.3) is 5.69 Å². The molecule has 3 aromatic rings. The first-order valence-electron chi connectivity index (χ1n) is 7.93. The van der Waals surface area contributed by atoms with Gasteiger partial charge in [0.2, 0.25) is 0 Å². The lowest BCUT2D eigenvalue weighted by Gasteiger charge is -2.11. The van der Waals surface area contributed by atoms with Gasteiger partial charge in [0.1, 0.15) is 17.3 Å². The van der Waals surface area contributed by atoms with Crippen molar-refractivity contribution in [1.82, 2.24) is 5.43 Å². The first-order valence-corrected chi connectivity index (χ1v) is 7.93. The van der Waals surface area contributed by atoms with Gasteiger partial charge in [-0.05, 0) is 36.4 Å². The molecule has 1 heterocycles. The number of hydrazine groups is 1. The summed E-state index contributed by atoms with van der Waals surface area (Å²) < 4.78 is 57.2. The Bertz CT molecular complexity index is 1080. The van der Waals surface area contributed by atoms with Gasteiger partial charge >= 0.3 is 12.1 Å². The van der Waals surface area contributed by atoms with Crippen molar-refractivity contribution >= 4 is 17.3 Å². The summed E-state index contributed by atoms with van der Waals surface area (Å²) in [5.74, 6) is -1.60. The van der Waals surface area contributed by atoms with Crippen LogP contribution >= 0.6 is 0 Å². The number of nitro groups is 1. The number of carbonyl (C=O) groups is 1. The predicted octanol–water partition coefficient (Wildman–Crippen LogP) is 4.77. The van der Waals surface area contributed by atoms with E-state index in [9.17, 15) is 32.5 Å². The van der Waals surface area contributed by atoms with Crippen molar-refractivity contribution in [3.8, 4) is 11.3 Å². The fourth-order valence-corrected chi connectivity index (χ4v) is 2.42. The number of benzene rings is 2. The van der Waals surface area contributed by atoms with Crippen molar-refractivity contribution < 1.29 is 31.7 Å². The van der Waals surface area contributed by atoms with Crippen LogP contribution in [0.2, 0.25) is 0 Å². The highest BCUT2D eigenvalue weighted by Crippen LogP contribution is 2.34. The molecule has 1 amide bonds. The minimum atomic E-state index is -4.76. The van der Waals surface area contributed by atoms with Crippen LogP contribution in [0.1, 0.15) is 16.1 Å². The van der Waals surface area contributed by atoms with Gasteiger partial charge in [-0.2, -0.15) is 13.2 Å². The van der Waals surface area contributed by atoms with Gasteiger partial charge in [0.05, 0.1) is 16.1 Å². The molecule has 0 aliphatic heterocycles. The minimum absolute atomic E-state index is 0.0776. The largest absolute Gasteiger partial charge is 0.451 e. The molecule has 3 rings (SSSR count). The molecular formula is C18H11F4N3O4. The Hall–Kier alpha value is -3.89. The van der Waals surface area contributed by atoms with Crippen LogP contribution in [0.3, 0.4) is 0 Å². The van der Waals surface area contributed by atoms with E-state index in [1.54, 1.807) is 6.07 Å². The Morgan fingerprint density at radius 1 is 1.07 bits per heavy atom. The fraction of sp³-hybridized carbons (Fsp3) is 0.0556. The van der Waals surface area contributed by atoms with Crippen LogP contribution in [-0.2, 0) is 6.18 Å². The van der Waals surface area contributed by atoms with E-state index in [4.69, 9.17) is 4.42 Å². The fourth-order valence-electron chi connectivity index (χ4n) is 2.42. The topological polar surface area (TPSA) is 97.4 Å². The molecule has 2 N–H and O–H groups in total. The molecule has 2 aromatic carbocycles. The first kappa shape index (κ1) is 19.9. The van der Waals surface area contributed by atoms with E-state index in [2.05, 4.69) is 10.9 Å². The summed E-state index contributed by atoms with van der Waals surface area (Å²) in [6.07, 6.45) is -4.76. The lowest BCUT2D eigenvalue weighted by molar-refractivity contribution is -0.384. The van der Waals surface area contributed by atoms with Crippen LogP contribution in [0, 0.1) is 15.9 Å². The van der Waals surface area contributed by atoms with E-state index in [0.29, 0.717) is 12.1 Å². The number of carbonyl (C=O) groups excluding carboxylic acids is 1. The number of hydrogen-bond acceptors (Lipinski definition) is 5. The Morgan fingerprint density at radius 3 is 2.45 bits per heavy atom. The van der Waals surface area contributed by atoms with Gasteiger partial charge in [-0.3, -0.25) is 25.8 Å². The van der Waals surface area contributed by atoms with Crippen LogP contribution in [0.15, 0.2) is 59.0 Å². The van der Waals surface area contributed by atoms with E-state index in [-0.39, 0.29) is 22.8 Å². The predicted molar refractivity (Wildman–Crippen MR) is 93.3 cm³/mol. The molecule has 0 atom stereocenters. The third-order valence-electron chi connectivity index (χ3n) is 3.80. The second kappa shape index (κ2) is 7.62. The summed E-state index contributed by atoms with van der Waals surface area (Å²) in [5.41, 5.74) is 1.95. The van der Waals surface area contributed by atoms with Gasteiger partial charge in [0, 0.05) is 6.07 Å². The Balaban J connectivity index is 1.76. The van der Waals surface area contributed by atoms with Crippen LogP contribution in [0.5, 0.6) is 0 Å². The van der Waals surface area contributed by atoms with Crippen LogP contribution in [-0.4, -0.2) is 10.8 Å². The molecule has 11 heteroatoms. The first-order chi connectivity index (χ1) is 13.7. The van der Waals surface area contributed by atoms with E-state index in [1.807, 2.05) is 0 Å². The minimum Gasteiger partial charge on any atom is -0.451 e. The Morgan fingerprint density at radius 2 is 1.79 bits per heavy atom. The number of halogens is 4. The summed E-state index contributed by atoms with van der Waals surface area (Å²) in [4.78, 5) is 22.2. The normalized spacial score (nSPS) is 11.2. The maximum atomic E-state index is 13.8. The van der Waals surface area contributed by atoms with E-state index in [0.717, 1.165) is 6.07 Å². The van der Waals surface area contributed by atoms with Crippen LogP contribution < -0.4 is 10.9 Å². The van der Waals surface area contributed by atoms with Gasteiger partial charge in [0.15, 0.2) is 5.76 Å². The molecule has 0 fully saturated rings. The molecule has 7 nitrogen and oxygen atoms in total. The van der Waals surface area contributed by atoms with Crippen molar-refractivity contribution in [2.24, 2.45) is 0 Å². The molecule has 0 bridgehead atoms. The zero-order chi connectivity index (χ0) is 21.2. The highest BCUT2D eigenvalue weighted by Gasteiger charge is 2.33. The third-order valence-corrected chi connectivity index (χ3v) is 3.80. The monoisotopic (exact) mass is 409 g/mol. The molecule has 0 spiro atoms. The van der Waals surface area contributed by atoms with Crippen molar-refractivity contribution in [3.05, 3.63) is 81.9 Å². The summed E-state index contributed by atoms with van der Waals surface area (Å²) in [6, 6.07) is 10.1. The number of anilines is 1. The van der Waals surface area contributed by atoms with Gasteiger partial charge in [-0.1, -0.05) is 12.1 Å². The number of nitrogens with one attached hydrogen (secondary N) is 2. The second-order valence-electron chi connectivity index (χ2n) is 5.71. The third kappa shape index (κ3) is 4.34. The number of alkyl halides is 3. The molecule has 29 heavy (non-hydrogen) atoms. The number of hydrogen-bond donors (Lipinski definition) is 2. The lowest BCUT2D eigenvalue weighted by Crippen LogP contribution is -2.29. The SMILES string of the molecule is O=C(NNc1ccc(C(F)(F)F)cc1[N+](=O)[O-])c1ccc(-c2ccccc2F)o1. The average molecular weight is 409 g/mol. The number of nitro benzene ring substituents is 1. The lowest BCUT2D eigenvalue weighted by atomic mass is 10.1. The summed E-state index contributed by atoms with van der Waals surface area (Å²) in [7, 11) is 0.